The van der Waals surface area contributed by atoms with Gasteiger partial charge >= 0.3 is 0 Å². The monoisotopic (exact) mass is 294 g/mol. The minimum atomic E-state index is -0.200. The zero-order valence-corrected chi connectivity index (χ0v) is 11.8. The Balaban J connectivity index is 1.55. The van der Waals surface area contributed by atoms with Gasteiger partial charge in [0.2, 0.25) is 5.95 Å². The summed E-state index contributed by atoms with van der Waals surface area (Å²) in [7, 11) is 0. The summed E-state index contributed by atoms with van der Waals surface area (Å²) in [6.07, 6.45) is 0.944. The fourth-order valence-electron chi connectivity index (χ4n) is 2.79. The number of fused-ring (bicyclic) bond motifs is 1. The molecule has 0 spiro atoms. The predicted octanol–water partition coefficient (Wildman–Crippen LogP) is 3.32. The highest BCUT2D eigenvalue weighted by Crippen LogP contribution is 2.42. The lowest BCUT2D eigenvalue weighted by molar-refractivity contribution is 0.625. The van der Waals surface area contributed by atoms with Crippen LogP contribution in [0.5, 0.6) is 0 Å². The van der Waals surface area contributed by atoms with E-state index in [2.05, 4.69) is 15.3 Å². The van der Waals surface area contributed by atoms with Crippen molar-refractivity contribution in [2.45, 2.75) is 18.4 Å². The number of halogens is 1. The average Bonchev–Trinajstić information content (AvgIpc) is 3.26. The van der Waals surface area contributed by atoms with Gasteiger partial charge < -0.3 is 11.1 Å². The van der Waals surface area contributed by atoms with Gasteiger partial charge in [-0.3, -0.25) is 0 Å². The molecule has 0 bridgehead atoms. The molecule has 1 heterocycles. The molecule has 0 unspecified atom stereocenters. The van der Waals surface area contributed by atoms with Crippen molar-refractivity contribution in [3.05, 3.63) is 59.9 Å². The summed E-state index contributed by atoms with van der Waals surface area (Å²) < 4.78 is 13.3. The molecule has 3 aromatic rings. The lowest BCUT2D eigenvalue weighted by atomic mass is 10.1. The Morgan fingerprint density at radius 2 is 1.95 bits per heavy atom. The summed E-state index contributed by atoms with van der Waals surface area (Å²) in [5, 5.41) is 4.14. The van der Waals surface area contributed by atoms with Gasteiger partial charge in [-0.05, 0) is 36.2 Å². The standard InChI is InChI=1S/C17H15FN4/c18-11-5-3-4-10(8-11)13-9-15(13)21-17-20-14-7-2-1-6-12(14)16(19)22-17/h1-8,13,15H,9H2,(H3,19,20,21,22)/t13-,15+/m0/s1. The smallest absolute Gasteiger partial charge is 0.225 e. The molecule has 22 heavy (non-hydrogen) atoms. The topological polar surface area (TPSA) is 63.8 Å². The van der Waals surface area contributed by atoms with Gasteiger partial charge in [-0.15, -0.1) is 0 Å². The van der Waals surface area contributed by atoms with Crippen molar-refractivity contribution in [2.75, 3.05) is 11.1 Å². The fraction of sp³-hybridized carbons (Fsp3) is 0.176. The van der Waals surface area contributed by atoms with E-state index in [0.717, 1.165) is 22.9 Å². The van der Waals surface area contributed by atoms with Crippen molar-refractivity contribution in [1.29, 1.82) is 0 Å². The average molecular weight is 294 g/mol. The van der Waals surface area contributed by atoms with Gasteiger partial charge in [-0.25, -0.2) is 9.37 Å². The van der Waals surface area contributed by atoms with Crippen LogP contribution in [0.2, 0.25) is 0 Å². The molecule has 4 rings (SSSR count). The third kappa shape index (κ3) is 2.35. The van der Waals surface area contributed by atoms with Crippen LogP contribution < -0.4 is 11.1 Å². The van der Waals surface area contributed by atoms with Crippen LogP contribution in [0, 0.1) is 5.82 Å². The van der Waals surface area contributed by atoms with Crippen LogP contribution >= 0.6 is 0 Å². The fourth-order valence-corrected chi connectivity index (χ4v) is 2.79. The second-order valence-electron chi connectivity index (χ2n) is 5.60. The molecule has 1 aromatic heterocycles. The van der Waals surface area contributed by atoms with E-state index >= 15 is 0 Å². The number of nitrogen functional groups attached to an aromatic ring is 1. The highest BCUT2D eigenvalue weighted by Gasteiger charge is 2.39. The molecular weight excluding hydrogens is 279 g/mol. The number of nitrogens with one attached hydrogen (secondary N) is 1. The molecule has 2 aromatic carbocycles. The predicted molar refractivity (Wildman–Crippen MR) is 85.1 cm³/mol. The number of nitrogens with zero attached hydrogens (tertiary/aromatic N) is 2. The summed E-state index contributed by atoms with van der Waals surface area (Å²) in [4.78, 5) is 8.79. The Hall–Kier alpha value is -2.69. The van der Waals surface area contributed by atoms with Gasteiger partial charge in [0, 0.05) is 17.3 Å². The van der Waals surface area contributed by atoms with E-state index in [9.17, 15) is 4.39 Å². The van der Waals surface area contributed by atoms with Gasteiger partial charge in [0.05, 0.1) is 5.52 Å². The summed E-state index contributed by atoms with van der Waals surface area (Å²) in [6.45, 7) is 0. The summed E-state index contributed by atoms with van der Waals surface area (Å²) in [5.74, 6) is 1.09. The van der Waals surface area contributed by atoms with E-state index in [1.165, 1.54) is 6.07 Å². The molecule has 0 aliphatic heterocycles. The Kier molecular flexibility index (Phi) is 2.92. The largest absolute Gasteiger partial charge is 0.383 e. The zero-order chi connectivity index (χ0) is 15.1. The molecule has 0 radical (unpaired) electrons. The Labute approximate surface area is 127 Å². The maximum atomic E-state index is 13.3. The van der Waals surface area contributed by atoms with Crippen LogP contribution in [-0.2, 0) is 0 Å². The first kappa shape index (κ1) is 13.0. The highest BCUT2D eigenvalue weighted by molar-refractivity contribution is 5.88. The van der Waals surface area contributed by atoms with Crippen LogP contribution in [0.15, 0.2) is 48.5 Å². The number of benzene rings is 2. The quantitative estimate of drug-likeness (QED) is 0.778. The molecule has 0 amide bonds. The summed E-state index contributed by atoms with van der Waals surface area (Å²) >= 11 is 0. The van der Waals surface area contributed by atoms with Crippen molar-refractivity contribution < 1.29 is 4.39 Å². The number of rotatable bonds is 3. The molecule has 3 N–H and O–H groups in total. The van der Waals surface area contributed by atoms with Crippen LogP contribution in [0.25, 0.3) is 10.9 Å². The SMILES string of the molecule is Nc1nc(N[C@@H]2C[C@H]2c2cccc(F)c2)nc2ccccc12. The number of hydrogen-bond acceptors (Lipinski definition) is 4. The normalized spacial score (nSPS) is 20.0. The second kappa shape index (κ2) is 4.94. The Bertz CT molecular complexity index is 849. The van der Waals surface area contributed by atoms with Gasteiger partial charge in [0.1, 0.15) is 11.6 Å². The number of hydrogen-bond donors (Lipinski definition) is 2. The Morgan fingerprint density at radius 1 is 1.09 bits per heavy atom. The summed E-state index contributed by atoms with van der Waals surface area (Å²) in [5.41, 5.74) is 7.80. The van der Waals surface area contributed by atoms with E-state index in [-0.39, 0.29) is 11.9 Å². The number of nitrogens with two attached hydrogens (primary N) is 1. The molecule has 4 nitrogen and oxygen atoms in total. The molecule has 1 aliphatic rings. The zero-order valence-electron chi connectivity index (χ0n) is 11.8. The number of para-hydroxylation sites is 1. The summed E-state index contributed by atoms with van der Waals surface area (Å²) in [6, 6.07) is 14.6. The van der Waals surface area contributed by atoms with Crippen LogP contribution in [-0.4, -0.2) is 16.0 Å². The molecule has 1 aliphatic carbocycles. The van der Waals surface area contributed by atoms with E-state index in [1.807, 2.05) is 30.3 Å². The minimum absolute atomic E-state index is 0.200. The van der Waals surface area contributed by atoms with Gasteiger partial charge in [-0.2, -0.15) is 4.98 Å². The van der Waals surface area contributed by atoms with E-state index in [0.29, 0.717) is 17.7 Å². The van der Waals surface area contributed by atoms with Crippen molar-refractivity contribution >= 4 is 22.7 Å². The van der Waals surface area contributed by atoms with Crippen molar-refractivity contribution in [2.24, 2.45) is 0 Å². The third-order valence-electron chi connectivity index (χ3n) is 4.01. The van der Waals surface area contributed by atoms with Crippen LogP contribution in [0.3, 0.4) is 0 Å². The molecule has 0 saturated heterocycles. The molecule has 5 heteroatoms. The van der Waals surface area contributed by atoms with Crippen LogP contribution in [0.1, 0.15) is 17.9 Å². The molecule has 1 fully saturated rings. The van der Waals surface area contributed by atoms with Crippen LogP contribution in [0.4, 0.5) is 16.2 Å². The lowest BCUT2D eigenvalue weighted by Gasteiger charge is -2.07. The third-order valence-corrected chi connectivity index (χ3v) is 4.01. The first-order valence-electron chi connectivity index (χ1n) is 7.25. The molecular formula is C17H15FN4. The first-order valence-corrected chi connectivity index (χ1v) is 7.25. The lowest BCUT2D eigenvalue weighted by Crippen LogP contribution is -2.09. The molecule has 2 atom stereocenters. The van der Waals surface area contributed by atoms with Crippen molar-refractivity contribution in [3.8, 4) is 0 Å². The van der Waals surface area contributed by atoms with E-state index < -0.39 is 0 Å². The Morgan fingerprint density at radius 3 is 2.82 bits per heavy atom. The van der Waals surface area contributed by atoms with Gasteiger partial charge in [0.15, 0.2) is 0 Å². The van der Waals surface area contributed by atoms with E-state index in [1.54, 1.807) is 12.1 Å². The minimum Gasteiger partial charge on any atom is -0.383 e. The molecule has 1 saturated carbocycles. The second-order valence-corrected chi connectivity index (χ2v) is 5.60. The van der Waals surface area contributed by atoms with E-state index in [4.69, 9.17) is 5.73 Å². The van der Waals surface area contributed by atoms with Crippen molar-refractivity contribution in [3.63, 3.8) is 0 Å². The van der Waals surface area contributed by atoms with Gasteiger partial charge in [-0.1, -0.05) is 24.3 Å². The first-order chi connectivity index (χ1) is 10.7. The highest BCUT2D eigenvalue weighted by atomic mass is 19.1. The van der Waals surface area contributed by atoms with Gasteiger partial charge in [0.25, 0.3) is 0 Å². The number of anilines is 2. The molecule has 110 valence electrons. The maximum absolute atomic E-state index is 13.3. The number of aromatic nitrogens is 2. The van der Waals surface area contributed by atoms with Crippen molar-refractivity contribution in [1.82, 2.24) is 9.97 Å². The maximum Gasteiger partial charge on any atom is 0.225 e.